The molecule has 1 aromatic heterocycles. The van der Waals surface area contributed by atoms with Gasteiger partial charge < -0.3 is 9.80 Å². The molecule has 5 heteroatoms. The average molecular weight is 285 g/mol. The van der Waals surface area contributed by atoms with Crippen molar-refractivity contribution in [1.82, 2.24) is 9.88 Å². The van der Waals surface area contributed by atoms with Crippen LogP contribution in [0, 0.1) is 0 Å². The van der Waals surface area contributed by atoms with Crippen LogP contribution in [0.5, 0.6) is 0 Å². The van der Waals surface area contributed by atoms with Crippen LogP contribution in [-0.2, 0) is 0 Å². The van der Waals surface area contributed by atoms with Crippen LogP contribution in [0.1, 0.15) is 20.8 Å². The van der Waals surface area contributed by atoms with Crippen LogP contribution in [-0.4, -0.2) is 40.9 Å². The van der Waals surface area contributed by atoms with Crippen molar-refractivity contribution in [2.75, 3.05) is 31.6 Å². The Kier molecular flexibility index (Phi) is 9.92. The number of pyridine rings is 1. The van der Waals surface area contributed by atoms with Crippen LogP contribution in [0.25, 0.3) is 0 Å². The lowest BCUT2D eigenvalue weighted by Crippen LogP contribution is -2.21. The lowest BCUT2D eigenvalue weighted by Gasteiger charge is -2.15. The molecule has 3 nitrogen and oxygen atoms in total. The molecule has 102 valence electrons. The van der Waals surface area contributed by atoms with Gasteiger partial charge in [-0.1, -0.05) is 33.0 Å². The number of hydrogen-bond donors (Lipinski definition) is 1. The summed E-state index contributed by atoms with van der Waals surface area (Å²) in [5.41, 5.74) is 0.951. The monoisotopic (exact) mass is 285 g/mol. The number of thiocarbonyl (C=S) groups is 1. The van der Waals surface area contributed by atoms with E-state index < -0.39 is 0 Å². The number of anilines is 1. The first-order valence-electron chi connectivity index (χ1n) is 6.15. The van der Waals surface area contributed by atoms with E-state index in [9.17, 15) is 0 Å². The molecule has 1 rings (SSSR count). The molecule has 0 aromatic carbocycles. The maximum atomic E-state index is 4.86. The predicted octanol–water partition coefficient (Wildman–Crippen LogP) is 3.08. The number of hydrogen-bond acceptors (Lipinski definition) is 3. The molecular formula is C13H23N3S2. The molecule has 0 aliphatic carbocycles. The minimum absolute atomic E-state index is 0.540. The van der Waals surface area contributed by atoms with E-state index in [1.807, 2.05) is 19.2 Å². The molecule has 0 aliphatic heterocycles. The van der Waals surface area contributed by atoms with Crippen molar-refractivity contribution in [3.05, 3.63) is 24.5 Å². The summed E-state index contributed by atoms with van der Waals surface area (Å²) in [4.78, 5) is 8.11. The third kappa shape index (κ3) is 6.93. The van der Waals surface area contributed by atoms with E-state index in [-0.39, 0.29) is 0 Å². The second kappa shape index (κ2) is 10.3. The van der Waals surface area contributed by atoms with Crippen LogP contribution in [0.4, 0.5) is 5.69 Å². The Labute approximate surface area is 122 Å². The van der Waals surface area contributed by atoms with E-state index in [1.165, 1.54) is 19.6 Å². The minimum Gasteiger partial charge on any atom is -0.329 e. The Morgan fingerprint density at radius 1 is 1.28 bits per heavy atom. The van der Waals surface area contributed by atoms with E-state index >= 15 is 0 Å². The Bertz CT molecular complexity index is 321. The van der Waals surface area contributed by atoms with Gasteiger partial charge >= 0.3 is 0 Å². The number of nitrogens with zero attached hydrogens (tertiary/aromatic N) is 3. The number of aromatic nitrogens is 1. The van der Waals surface area contributed by atoms with Crippen molar-refractivity contribution < 1.29 is 0 Å². The molecule has 1 aromatic rings. The zero-order valence-corrected chi connectivity index (χ0v) is 13.3. The second-order valence-corrected chi connectivity index (χ2v) is 4.79. The summed E-state index contributed by atoms with van der Waals surface area (Å²) in [6, 6.07) is 3.79. The van der Waals surface area contributed by atoms with Gasteiger partial charge in [0, 0.05) is 13.2 Å². The lowest BCUT2D eigenvalue weighted by molar-refractivity contribution is 0.321. The molecule has 0 saturated heterocycles. The lowest BCUT2D eigenvalue weighted by atomic mass is 10.4. The van der Waals surface area contributed by atoms with Crippen molar-refractivity contribution >= 4 is 34.9 Å². The largest absolute Gasteiger partial charge is 0.329 e. The maximum absolute atomic E-state index is 4.86. The summed E-state index contributed by atoms with van der Waals surface area (Å²) in [5.74, 6) is 0. The highest BCUT2D eigenvalue weighted by atomic mass is 32.1. The third-order valence-corrected chi connectivity index (χ3v) is 3.24. The SMILES string of the molecule is CCN(CC)CC.CN(C(=S)S)c1cccnc1. The summed E-state index contributed by atoms with van der Waals surface area (Å²) in [7, 11) is 1.85. The summed E-state index contributed by atoms with van der Waals surface area (Å²) in [6.45, 7) is 10.1. The molecule has 18 heavy (non-hydrogen) atoms. The summed E-state index contributed by atoms with van der Waals surface area (Å²) in [5, 5.41) is 0. The molecule has 0 fully saturated rings. The normalized spacial score (nSPS) is 9.67. The van der Waals surface area contributed by atoms with Crippen molar-refractivity contribution in [2.24, 2.45) is 0 Å². The molecule has 1 heterocycles. The van der Waals surface area contributed by atoms with Gasteiger partial charge in [0.15, 0.2) is 0 Å². The molecule has 0 atom stereocenters. The van der Waals surface area contributed by atoms with E-state index in [2.05, 4.69) is 43.3 Å². The van der Waals surface area contributed by atoms with E-state index in [4.69, 9.17) is 12.2 Å². The minimum atomic E-state index is 0.540. The molecule has 0 amide bonds. The fourth-order valence-corrected chi connectivity index (χ4v) is 1.55. The quantitative estimate of drug-likeness (QED) is 0.677. The highest BCUT2D eigenvalue weighted by molar-refractivity contribution is 8.11. The maximum Gasteiger partial charge on any atom is 0.137 e. The molecule has 0 unspecified atom stereocenters. The van der Waals surface area contributed by atoms with Gasteiger partial charge in [-0.25, -0.2) is 0 Å². The topological polar surface area (TPSA) is 19.4 Å². The number of thiol groups is 1. The highest BCUT2D eigenvalue weighted by Crippen LogP contribution is 2.10. The summed E-state index contributed by atoms with van der Waals surface area (Å²) >= 11 is 8.90. The van der Waals surface area contributed by atoms with Gasteiger partial charge in [-0.3, -0.25) is 4.98 Å². The first-order valence-corrected chi connectivity index (χ1v) is 7.01. The Morgan fingerprint density at radius 3 is 2.11 bits per heavy atom. The zero-order chi connectivity index (χ0) is 14.0. The number of rotatable bonds is 4. The van der Waals surface area contributed by atoms with Crippen molar-refractivity contribution in [3.8, 4) is 0 Å². The molecular weight excluding hydrogens is 262 g/mol. The standard InChI is InChI=1S/C7H8N2S2.C6H15N/c1-9(7(10)11)6-3-2-4-8-5-6;1-4-7(5-2)6-3/h2-5H,1H3,(H,10,11);4-6H2,1-3H3. The highest BCUT2D eigenvalue weighted by Gasteiger charge is 2.00. The Hall–Kier alpha value is -0.650. The van der Waals surface area contributed by atoms with Gasteiger partial charge in [0.25, 0.3) is 0 Å². The van der Waals surface area contributed by atoms with Crippen LogP contribution < -0.4 is 4.90 Å². The molecule has 0 spiro atoms. The third-order valence-electron chi connectivity index (χ3n) is 2.66. The first kappa shape index (κ1) is 17.4. The fourth-order valence-electron chi connectivity index (χ4n) is 1.33. The second-order valence-electron chi connectivity index (χ2n) is 3.67. The van der Waals surface area contributed by atoms with Crippen molar-refractivity contribution in [2.45, 2.75) is 20.8 Å². The predicted molar refractivity (Wildman–Crippen MR) is 87.7 cm³/mol. The van der Waals surface area contributed by atoms with Crippen LogP contribution in [0.15, 0.2) is 24.5 Å². The molecule has 0 bridgehead atoms. The van der Waals surface area contributed by atoms with Gasteiger partial charge in [-0.05, 0) is 31.8 Å². The molecule has 0 N–H and O–H groups in total. The molecule has 0 saturated carbocycles. The summed E-state index contributed by atoms with van der Waals surface area (Å²) < 4.78 is 0.540. The van der Waals surface area contributed by atoms with Gasteiger partial charge in [0.2, 0.25) is 0 Å². The van der Waals surface area contributed by atoms with Crippen molar-refractivity contribution in [1.29, 1.82) is 0 Å². The fraction of sp³-hybridized carbons (Fsp3) is 0.538. The van der Waals surface area contributed by atoms with Crippen LogP contribution >= 0.6 is 24.8 Å². The van der Waals surface area contributed by atoms with E-state index in [0.29, 0.717) is 4.32 Å². The van der Waals surface area contributed by atoms with Gasteiger partial charge in [-0.15, -0.1) is 12.6 Å². The Balaban J connectivity index is 0.000000360. The smallest absolute Gasteiger partial charge is 0.137 e. The van der Waals surface area contributed by atoms with E-state index in [0.717, 1.165) is 5.69 Å². The van der Waals surface area contributed by atoms with Gasteiger partial charge in [-0.2, -0.15) is 0 Å². The summed E-state index contributed by atoms with van der Waals surface area (Å²) in [6.07, 6.45) is 3.46. The van der Waals surface area contributed by atoms with Crippen LogP contribution in [0.2, 0.25) is 0 Å². The average Bonchev–Trinajstić information content (AvgIpc) is 2.41. The first-order chi connectivity index (χ1) is 8.56. The van der Waals surface area contributed by atoms with Crippen molar-refractivity contribution in [3.63, 3.8) is 0 Å². The zero-order valence-electron chi connectivity index (χ0n) is 11.6. The molecule has 0 radical (unpaired) electrons. The van der Waals surface area contributed by atoms with E-state index in [1.54, 1.807) is 17.3 Å². The van der Waals surface area contributed by atoms with Gasteiger partial charge in [0.1, 0.15) is 4.32 Å². The van der Waals surface area contributed by atoms with Crippen LogP contribution in [0.3, 0.4) is 0 Å². The molecule has 0 aliphatic rings. The van der Waals surface area contributed by atoms with Gasteiger partial charge in [0.05, 0.1) is 11.9 Å². The Morgan fingerprint density at radius 2 is 1.83 bits per heavy atom.